The lowest BCUT2D eigenvalue weighted by molar-refractivity contribution is -0.127. The van der Waals surface area contributed by atoms with E-state index in [1.54, 1.807) is 23.3 Å². The summed E-state index contributed by atoms with van der Waals surface area (Å²) < 4.78 is 1.84. The highest BCUT2D eigenvalue weighted by molar-refractivity contribution is 8.01. The van der Waals surface area contributed by atoms with Gasteiger partial charge in [-0.25, -0.2) is 4.98 Å². The minimum atomic E-state index is 0.0260. The molecule has 1 amide bonds. The number of aromatic nitrogens is 3. The van der Waals surface area contributed by atoms with E-state index in [-0.39, 0.29) is 5.91 Å². The summed E-state index contributed by atoms with van der Waals surface area (Å²) in [5.74, 6) is 0.341. The van der Waals surface area contributed by atoms with Crippen molar-refractivity contribution in [2.24, 2.45) is 0 Å². The Morgan fingerprint density at radius 1 is 1.32 bits per heavy atom. The third-order valence-corrected chi connectivity index (χ3v) is 5.77. The van der Waals surface area contributed by atoms with Gasteiger partial charge in [0.1, 0.15) is 5.01 Å². The van der Waals surface area contributed by atoms with Crippen molar-refractivity contribution in [2.75, 3.05) is 18.5 Å². The normalized spacial score (nSPS) is 11.0. The third kappa shape index (κ3) is 3.54. The molecule has 0 aliphatic carbocycles. The molecule has 2 N–H and O–H groups in total. The molecule has 0 spiro atoms. The maximum absolute atomic E-state index is 12.1. The first-order chi connectivity index (χ1) is 10.6. The fourth-order valence-corrected chi connectivity index (χ4v) is 4.39. The molecule has 0 saturated heterocycles. The summed E-state index contributed by atoms with van der Waals surface area (Å²) in [5, 5.41) is 8.96. The Kier molecular flexibility index (Phi) is 4.55. The van der Waals surface area contributed by atoms with Crippen LogP contribution in [0, 0.1) is 0 Å². The van der Waals surface area contributed by atoms with E-state index in [4.69, 9.17) is 5.73 Å². The zero-order valence-electron chi connectivity index (χ0n) is 11.7. The van der Waals surface area contributed by atoms with Crippen LogP contribution >= 0.6 is 34.4 Å². The van der Waals surface area contributed by atoms with E-state index in [1.165, 1.54) is 23.1 Å². The number of nitrogens with two attached hydrogens (primary N) is 1. The van der Waals surface area contributed by atoms with E-state index in [0.29, 0.717) is 21.8 Å². The zero-order chi connectivity index (χ0) is 15.5. The second-order valence-electron chi connectivity index (χ2n) is 4.52. The average Bonchev–Trinajstić information content (AvgIpc) is 3.09. The van der Waals surface area contributed by atoms with Gasteiger partial charge in [0, 0.05) is 7.05 Å². The molecule has 3 rings (SSSR count). The molecule has 0 fully saturated rings. The highest BCUT2D eigenvalue weighted by atomic mass is 32.2. The Bertz CT molecular complexity index is 767. The van der Waals surface area contributed by atoms with Crippen LogP contribution in [-0.2, 0) is 11.3 Å². The molecule has 6 nitrogen and oxygen atoms in total. The van der Waals surface area contributed by atoms with E-state index >= 15 is 0 Å². The number of amides is 1. The second-order valence-corrected chi connectivity index (χ2v) is 7.87. The van der Waals surface area contributed by atoms with Crippen molar-refractivity contribution in [1.29, 1.82) is 0 Å². The van der Waals surface area contributed by atoms with Crippen molar-refractivity contribution in [3.8, 4) is 0 Å². The van der Waals surface area contributed by atoms with Gasteiger partial charge < -0.3 is 10.6 Å². The third-order valence-electron chi connectivity index (χ3n) is 2.88. The number of carbonyl (C=O) groups excluding carboxylic acids is 1. The summed E-state index contributed by atoms with van der Waals surface area (Å²) in [6, 6.07) is 7.97. The van der Waals surface area contributed by atoms with Gasteiger partial charge in [-0.05, 0) is 12.1 Å². The van der Waals surface area contributed by atoms with Gasteiger partial charge in [0.05, 0.1) is 22.5 Å². The minimum absolute atomic E-state index is 0.0260. The van der Waals surface area contributed by atoms with E-state index in [2.05, 4.69) is 15.2 Å². The van der Waals surface area contributed by atoms with E-state index in [0.717, 1.165) is 15.2 Å². The lowest BCUT2D eigenvalue weighted by atomic mass is 10.3. The van der Waals surface area contributed by atoms with Gasteiger partial charge in [-0.1, -0.05) is 35.2 Å². The van der Waals surface area contributed by atoms with Crippen molar-refractivity contribution >= 4 is 55.7 Å². The van der Waals surface area contributed by atoms with Crippen LogP contribution in [0.1, 0.15) is 5.01 Å². The molecule has 0 radical (unpaired) electrons. The van der Waals surface area contributed by atoms with Gasteiger partial charge in [-0.15, -0.1) is 21.5 Å². The number of thiazole rings is 1. The monoisotopic (exact) mass is 351 g/mol. The molecule has 9 heteroatoms. The Labute approximate surface area is 139 Å². The summed E-state index contributed by atoms with van der Waals surface area (Å²) in [5.41, 5.74) is 6.49. The summed E-state index contributed by atoms with van der Waals surface area (Å²) in [7, 11) is 1.78. The SMILES string of the molecule is CN(Cc1nc2ccccc2s1)C(=O)CSc1nnc(N)s1. The number of rotatable bonds is 5. The standard InChI is InChI=1S/C13H13N5OS3/c1-18(11(19)7-20-13-17-16-12(14)22-13)6-10-15-8-4-2-3-5-9(8)21-10/h2-5H,6-7H2,1H3,(H2,14,16). The van der Waals surface area contributed by atoms with Crippen LogP contribution in [0.25, 0.3) is 10.2 Å². The molecule has 0 bridgehead atoms. The number of carbonyl (C=O) groups is 1. The Morgan fingerprint density at radius 3 is 2.86 bits per heavy atom. The van der Waals surface area contributed by atoms with Crippen molar-refractivity contribution < 1.29 is 4.79 Å². The number of nitrogens with zero attached hydrogens (tertiary/aromatic N) is 4. The first-order valence-electron chi connectivity index (χ1n) is 6.42. The number of thioether (sulfide) groups is 1. The molecule has 3 aromatic rings. The number of hydrogen-bond donors (Lipinski definition) is 1. The fourth-order valence-electron chi connectivity index (χ4n) is 1.79. The predicted octanol–water partition coefficient (Wildman–Crippen LogP) is 2.48. The highest BCUT2D eigenvalue weighted by Gasteiger charge is 2.13. The molecule has 2 aromatic heterocycles. The fraction of sp³-hybridized carbons (Fsp3) is 0.231. The van der Waals surface area contributed by atoms with Gasteiger partial charge in [0.15, 0.2) is 4.34 Å². The van der Waals surface area contributed by atoms with Crippen LogP contribution in [-0.4, -0.2) is 38.8 Å². The van der Waals surface area contributed by atoms with Gasteiger partial charge in [0.25, 0.3) is 0 Å². The number of nitrogen functional groups attached to an aromatic ring is 1. The van der Waals surface area contributed by atoms with Gasteiger partial charge >= 0.3 is 0 Å². The molecular weight excluding hydrogens is 338 g/mol. The smallest absolute Gasteiger partial charge is 0.233 e. The molecule has 0 aliphatic rings. The van der Waals surface area contributed by atoms with E-state index in [9.17, 15) is 4.79 Å². The Morgan fingerprint density at radius 2 is 2.14 bits per heavy atom. The lowest BCUT2D eigenvalue weighted by Gasteiger charge is -2.14. The molecule has 114 valence electrons. The van der Waals surface area contributed by atoms with Gasteiger partial charge in [-0.3, -0.25) is 4.79 Å². The molecular formula is C13H13N5OS3. The highest BCUT2D eigenvalue weighted by Crippen LogP contribution is 2.25. The first-order valence-corrected chi connectivity index (χ1v) is 9.04. The van der Waals surface area contributed by atoms with Crippen LogP contribution in [0.15, 0.2) is 28.6 Å². The second kappa shape index (κ2) is 6.59. The maximum Gasteiger partial charge on any atom is 0.233 e. The number of fused-ring (bicyclic) bond motifs is 1. The van der Waals surface area contributed by atoms with Crippen LogP contribution in [0.4, 0.5) is 5.13 Å². The molecule has 0 aliphatic heterocycles. The zero-order valence-corrected chi connectivity index (χ0v) is 14.2. The quantitative estimate of drug-likeness (QED) is 0.711. The van der Waals surface area contributed by atoms with Crippen LogP contribution in [0.5, 0.6) is 0 Å². The molecule has 0 saturated carbocycles. The van der Waals surface area contributed by atoms with Crippen molar-refractivity contribution in [3.63, 3.8) is 0 Å². The summed E-state index contributed by atoms with van der Waals surface area (Å²) in [6.45, 7) is 0.511. The number of hydrogen-bond acceptors (Lipinski definition) is 8. The van der Waals surface area contributed by atoms with Crippen LogP contribution in [0.3, 0.4) is 0 Å². The summed E-state index contributed by atoms with van der Waals surface area (Å²) in [6.07, 6.45) is 0. The molecule has 1 aromatic carbocycles. The van der Waals surface area contributed by atoms with Crippen molar-refractivity contribution in [3.05, 3.63) is 29.3 Å². The molecule has 22 heavy (non-hydrogen) atoms. The number of anilines is 1. The van der Waals surface area contributed by atoms with Crippen LogP contribution in [0.2, 0.25) is 0 Å². The van der Waals surface area contributed by atoms with Gasteiger partial charge in [-0.2, -0.15) is 0 Å². The number of benzene rings is 1. The largest absolute Gasteiger partial charge is 0.374 e. The predicted molar refractivity (Wildman–Crippen MR) is 91.1 cm³/mol. The Balaban J connectivity index is 1.58. The maximum atomic E-state index is 12.1. The van der Waals surface area contributed by atoms with Crippen LogP contribution < -0.4 is 5.73 Å². The van der Waals surface area contributed by atoms with E-state index in [1.807, 2.05) is 24.3 Å². The van der Waals surface area contributed by atoms with Gasteiger partial charge in [0.2, 0.25) is 11.0 Å². The lowest BCUT2D eigenvalue weighted by Crippen LogP contribution is -2.27. The first kappa shape index (κ1) is 15.2. The Hall–Kier alpha value is -1.71. The number of para-hydroxylation sites is 1. The summed E-state index contributed by atoms with van der Waals surface area (Å²) in [4.78, 5) is 18.4. The molecule has 0 atom stereocenters. The van der Waals surface area contributed by atoms with E-state index < -0.39 is 0 Å². The topological polar surface area (TPSA) is 85.0 Å². The molecule has 0 unspecified atom stereocenters. The summed E-state index contributed by atoms with van der Waals surface area (Å²) >= 11 is 4.25. The van der Waals surface area contributed by atoms with Crippen molar-refractivity contribution in [1.82, 2.24) is 20.1 Å². The van der Waals surface area contributed by atoms with Crippen molar-refractivity contribution in [2.45, 2.75) is 10.9 Å². The molecule has 2 heterocycles. The minimum Gasteiger partial charge on any atom is -0.374 e. The average molecular weight is 351 g/mol.